The van der Waals surface area contributed by atoms with Crippen LogP contribution < -0.4 is 4.72 Å². The van der Waals surface area contributed by atoms with Crippen LogP contribution in [0.4, 0.5) is 13.2 Å². The number of halogens is 3. The predicted molar refractivity (Wildman–Crippen MR) is 88.0 cm³/mol. The van der Waals surface area contributed by atoms with Crippen LogP contribution in [0.5, 0.6) is 0 Å². The summed E-state index contributed by atoms with van der Waals surface area (Å²) in [5.74, 6) is 1.57. The molecule has 1 unspecified atom stereocenters. The van der Waals surface area contributed by atoms with Gasteiger partial charge in [0.1, 0.15) is 5.82 Å². The zero-order chi connectivity index (χ0) is 18.9. The molecule has 142 valence electrons. The summed E-state index contributed by atoms with van der Waals surface area (Å²) in [5, 5.41) is 4.33. The summed E-state index contributed by atoms with van der Waals surface area (Å²) in [6.07, 6.45) is -3.50. The highest BCUT2D eigenvalue weighted by Crippen LogP contribution is 2.22. The van der Waals surface area contributed by atoms with E-state index in [4.69, 9.17) is 0 Å². The third kappa shape index (κ3) is 4.42. The largest absolute Gasteiger partial charge is 0.393 e. The van der Waals surface area contributed by atoms with Gasteiger partial charge in [0.25, 0.3) is 0 Å². The molecule has 0 amide bonds. The molecule has 1 atom stereocenters. The number of benzene rings is 1. The van der Waals surface area contributed by atoms with Crippen molar-refractivity contribution in [2.45, 2.75) is 56.3 Å². The van der Waals surface area contributed by atoms with Crippen LogP contribution in [-0.4, -0.2) is 35.4 Å². The van der Waals surface area contributed by atoms with Crippen LogP contribution in [0.3, 0.4) is 0 Å². The van der Waals surface area contributed by atoms with Crippen molar-refractivity contribution in [1.29, 1.82) is 0 Å². The Balaban J connectivity index is 1.69. The number of alkyl halides is 3. The lowest BCUT2D eigenvalue weighted by Gasteiger charge is -2.23. The number of nitrogens with zero attached hydrogens (tertiary/aromatic N) is 3. The number of hydrogen-bond acceptors (Lipinski definition) is 4. The lowest BCUT2D eigenvalue weighted by Crippen LogP contribution is -2.41. The molecule has 0 fully saturated rings. The molecule has 2 aromatic rings. The van der Waals surface area contributed by atoms with Gasteiger partial charge in [-0.05, 0) is 24.1 Å². The number of nitrogens with one attached hydrogen (secondary N) is 1. The lowest BCUT2D eigenvalue weighted by molar-refractivity contribution is -0.127. The molecule has 1 aliphatic heterocycles. The van der Waals surface area contributed by atoms with Crippen molar-refractivity contribution in [2.75, 3.05) is 0 Å². The molecule has 1 aromatic heterocycles. The Morgan fingerprint density at radius 2 is 1.96 bits per heavy atom. The number of sulfonamides is 1. The Labute approximate surface area is 149 Å². The summed E-state index contributed by atoms with van der Waals surface area (Å²) >= 11 is 0. The van der Waals surface area contributed by atoms with Crippen LogP contribution in [0.25, 0.3) is 0 Å². The molecular weight excluding hydrogens is 369 g/mol. The van der Waals surface area contributed by atoms with Crippen LogP contribution in [0, 0.1) is 0 Å². The minimum absolute atomic E-state index is 0.0217. The van der Waals surface area contributed by atoms with E-state index in [0.717, 1.165) is 11.6 Å². The first-order valence-electron chi connectivity index (χ1n) is 8.27. The minimum atomic E-state index is -4.33. The normalized spacial score (nSPS) is 17.9. The van der Waals surface area contributed by atoms with Gasteiger partial charge in [-0.15, -0.1) is 0 Å². The molecule has 3 rings (SSSR count). The van der Waals surface area contributed by atoms with E-state index in [1.54, 1.807) is 4.68 Å². The maximum absolute atomic E-state index is 12.5. The van der Waals surface area contributed by atoms with Gasteiger partial charge in [-0.3, -0.25) is 0 Å². The summed E-state index contributed by atoms with van der Waals surface area (Å²) in [6.45, 7) is 2.33. The van der Waals surface area contributed by atoms with Crippen LogP contribution in [0.1, 0.15) is 30.6 Å². The van der Waals surface area contributed by atoms with E-state index in [1.165, 1.54) is 24.3 Å². The molecule has 0 radical (unpaired) electrons. The van der Waals surface area contributed by atoms with E-state index in [2.05, 4.69) is 14.8 Å². The van der Waals surface area contributed by atoms with Crippen molar-refractivity contribution >= 4 is 10.0 Å². The molecule has 0 saturated heterocycles. The average Bonchev–Trinajstić information content (AvgIpc) is 2.96. The fraction of sp³-hybridized carbons (Fsp3) is 0.500. The molecule has 10 heteroatoms. The minimum Gasteiger partial charge on any atom is -0.248 e. The third-order valence-electron chi connectivity index (χ3n) is 4.18. The summed E-state index contributed by atoms with van der Waals surface area (Å²) < 4.78 is 66.5. The van der Waals surface area contributed by atoms with E-state index in [1.807, 2.05) is 6.92 Å². The first-order valence-corrected chi connectivity index (χ1v) is 9.75. The molecule has 0 aliphatic carbocycles. The summed E-state index contributed by atoms with van der Waals surface area (Å²) in [7, 11) is -3.81. The molecule has 0 bridgehead atoms. The van der Waals surface area contributed by atoms with Gasteiger partial charge in [-0.25, -0.2) is 22.8 Å². The Morgan fingerprint density at radius 1 is 1.27 bits per heavy atom. The maximum Gasteiger partial charge on any atom is 0.393 e. The summed E-state index contributed by atoms with van der Waals surface area (Å²) in [4.78, 5) is 4.33. The van der Waals surface area contributed by atoms with Crippen molar-refractivity contribution in [3.05, 3.63) is 41.5 Å². The van der Waals surface area contributed by atoms with Crippen LogP contribution in [0.15, 0.2) is 29.2 Å². The van der Waals surface area contributed by atoms with Crippen LogP contribution in [0.2, 0.25) is 0 Å². The molecule has 1 N–H and O–H groups in total. The first-order chi connectivity index (χ1) is 12.2. The van der Waals surface area contributed by atoms with Crippen molar-refractivity contribution in [3.8, 4) is 0 Å². The highest BCUT2D eigenvalue weighted by molar-refractivity contribution is 7.89. The van der Waals surface area contributed by atoms with Crippen molar-refractivity contribution in [3.63, 3.8) is 0 Å². The zero-order valence-corrected chi connectivity index (χ0v) is 14.9. The topological polar surface area (TPSA) is 76.9 Å². The van der Waals surface area contributed by atoms with Gasteiger partial charge >= 0.3 is 6.18 Å². The van der Waals surface area contributed by atoms with Gasteiger partial charge < -0.3 is 0 Å². The number of fused-ring (bicyclic) bond motifs is 1. The molecule has 2 heterocycles. The van der Waals surface area contributed by atoms with E-state index in [0.29, 0.717) is 25.8 Å². The fourth-order valence-electron chi connectivity index (χ4n) is 2.91. The van der Waals surface area contributed by atoms with Gasteiger partial charge in [0, 0.05) is 18.9 Å². The molecule has 0 saturated carbocycles. The van der Waals surface area contributed by atoms with Crippen molar-refractivity contribution < 1.29 is 21.6 Å². The molecular formula is C16H19F3N4O2S. The van der Waals surface area contributed by atoms with E-state index >= 15 is 0 Å². The van der Waals surface area contributed by atoms with Gasteiger partial charge in [0.15, 0.2) is 5.82 Å². The quantitative estimate of drug-likeness (QED) is 0.852. The average molecular weight is 388 g/mol. The van der Waals surface area contributed by atoms with Gasteiger partial charge in [-0.1, -0.05) is 19.1 Å². The van der Waals surface area contributed by atoms with E-state index < -0.39 is 22.6 Å². The van der Waals surface area contributed by atoms with E-state index in [-0.39, 0.29) is 16.5 Å². The zero-order valence-electron chi connectivity index (χ0n) is 14.1. The van der Waals surface area contributed by atoms with Gasteiger partial charge in [0.2, 0.25) is 10.0 Å². The highest BCUT2D eigenvalue weighted by Gasteiger charge is 2.29. The maximum atomic E-state index is 12.5. The van der Waals surface area contributed by atoms with Crippen LogP contribution >= 0.6 is 0 Å². The second-order valence-electron chi connectivity index (χ2n) is 6.27. The van der Waals surface area contributed by atoms with Gasteiger partial charge in [-0.2, -0.15) is 18.3 Å². The standard InChI is InChI=1S/C16H19F3N4O2S/c1-2-14-20-15-8-5-12(10-23(15)21-14)22-26(24,25)13-6-3-11(4-7-13)9-16(17,18)19/h3-4,6-7,12,22H,2,5,8-10H2,1H3. The smallest absolute Gasteiger partial charge is 0.248 e. The second-order valence-corrected chi connectivity index (χ2v) is 7.99. The molecule has 1 aromatic carbocycles. The Bertz CT molecular complexity index is 876. The molecule has 6 nitrogen and oxygen atoms in total. The lowest BCUT2D eigenvalue weighted by atomic mass is 10.1. The molecule has 0 spiro atoms. The fourth-order valence-corrected chi connectivity index (χ4v) is 4.17. The predicted octanol–water partition coefficient (Wildman–Crippen LogP) is 2.24. The van der Waals surface area contributed by atoms with Gasteiger partial charge in [0.05, 0.1) is 17.9 Å². The number of aryl methyl sites for hydroxylation is 2. The van der Waals surface area contributed by atoms with E-state index in [9.17, 15) is 21.6 Å². The monoisotopic (exact) mass is 388 g/mol. The molecule has 26 heavy (non-hydrogen) atoms. The first kappa shape index (κ1) is 18.8. The summed E-state index contributed by atoms with van der Waals surface area (Å²) in [6, 6.07) is 4.43. The third-order valence-corrected chi connectivity index (χ3v) is 5.71. The van der Waals surface area contributed by atoms with Crippen LogP contribution in [-0.2, 0) is 35.8 Å². The Kier molecular flexibility index (Phi) is 5.07. The van der Waals surface area contributed by atoms with Crippen molar-refractivity contribution in [2.24, 2.45) is 0 Å². The number of hydrogen-bond donors (Lipinski definition) is 1. The summed E-state index contributed by atoms with van der Waals surface area (Å²) in [5.41, 5.74) is 0.0217. The number of rotatable bonds is 5. The Morgan fingerprint density at radius 3 is 2.58 bits per heavy atom. The second kappa shape index (κ2) is 6.99. The highest BCUT2D eigenvalue weighted by atomic mass is 32.2. The van der Waals surface area contributed by atoms with Crippen molar-refractivity contribution in [1.82, 2.24) is 19.5 Å². The number of aromatic nitrogens is 3. The Hall–Kier alpha value is -1.94. The SMILES string of the molecule is CCc1nc2n(n1)CC(NS(=O)(=O)c1ccc(CC(F)(F)F)cc1)CC2. The molecule has 1 aliphatic rings.